The quantitative estimate of drug-likeness (QED) is 0.619. The highest BCUT2D eigenvalue weighted by Crippen LogP contribution is 2.24. The summed E-state index contributed by atoms with van der Waals surface area (Å²) >= 11 is 6.22. The standard InChI is InChI=1S/C23H28ClN3O4S/c1-3-27(4-2)32(30,31)19-11-12-21(24)20(15-19)23(29)25-18-9-7-8-17(14-18)16-26-13-6-5-10-22(26)28/h7-9,11-12,14-15H,3-6,10,13,16H2,1-2H3,(H,25,29). The highest BCUT2D eigenvalue weighted by molar-refractivity contribution is 7.89. The fraction of sp³-hybridized carbons (Fsp3) is 0.391. The van der Waals surface area contributed by atoms with Gasteiger partial charge in [-0.3, -0.25) is 9.59 Å². The third kappa shape index (κ3) is 5.49. The second kappa shape index (κ2) is 10.5. The summed E-state index contributed by atoms with van der Waals surface area (Å²) in [5.41, 5.74) is 1.53. The van der Waals surface area contributed by atoms with Gasteiger partial charge in [-0.25, -0.2) is 8.42 Å². The van der Waals surface area contributed by atoms with E-state index in [-0.39, 0.29) is 21.4 Å². The lowest BCUT2D eigenvalue weighted by molar-refractivity contribution is -0.133. The van der Waals surface area contributed by atoms with Gasteiger partial charge < -0.3 is 10.2 Å². The van der Waals surface area contributed by atoms with Crippen molar-refractivity contribution in [2.45, 2.75) is 44.6 Å². The normalized spacial score (nSPS) is 14.6. The predicted molar refractivity (Wildman–Crippen MR) is 125 cm³/mol. The molecule has 1 aliphatic rings. The highest BCUT2D eigenvalue weighted by Gasteiger charge is 2.24. The Morgan fingerprint density at radius 1 is 1.12 bits per heavy atom. The largest absolute Gasteiger partial charge is 0.338 e. The van der Waals surface area contributed by atoms with Gasteiger partial charge in [0.25, 0.3) is 5.91 Å². The van der Waals surface area contributed by atoms with Crippen molar-refractivity contribution in [2.75, 3.05) is 25.0 Å². The highest BCUT2D eigenvalue weighted by atomic mass is 35.5. The second-order valence-electron chi connectivity index (χ2n) is 7.66. The average molecular weight is 478 g/mol. The number of likely N-dealkylation sites (tertiary alicyclic amines) is 1. The van der Waals surface area contributed by atoms with E-state index in [0.717, 1.165) is 24.9 Å². The first-order valence-corrected chi connectivity index (χ1v) is 12.6. The third-order valence-corrected chi connectivity index (χ3v) is 7.88. The van der Waals surface area contributed by atoms with Crippen molar-refractivity contribution in [1.29, 1.82) is 0 Å². The van der Waals surface area contributed by atoms with Gasteiger partial charge in [0.05, 0.1) is 15.5 Å². The van der Waals surface area contributed by atoms with E-state index in [4.69, 9.17) is 11.6 Å². The Balaban J connectivity index is 1.79. The number of piperidine rings is 1. The molecule has 3 rings (SSSR count). The van der Waals surface area contributed by atoms with Crippen molar-refractivity contribution in [1.82, 2.24) is 9.21 Å². The van der Waals surface area contributed by atoms with Crippen molar-refractivity contribution in [3.05, 3.63) is 58.6 Å². The average Bonchev–Trinajstić information content (AvgIpc) is 2.76. The number of rotatable bonds is 8. The molecule has 2 amide bonds. The summed E-state index contributed by atoms with van der Waals surface area (Å²) in [7, 11) is -3.72. The summed E-state index contributed by atoms with van der Waals surface area (Å²) in [4.78, 5) is 26.8. The molecule has 1 saturated heterocycles. The van der Waals surface area contributed by atoms with Crippen LogP contribution in [-0.4, -0.2) is 49.1 Å². The molecule has 0 aliphatic carbocycles. The molecule has 1 fully saturated rings. The molecule has 2 aromatic rings. The summed E-state index contributed by atoms with van der Waals surface area (Å²) in [6.45, 7) is 5.40. The molecule has 0 spiro atoms. The Hall–Kier alpha value is -2.42. The molecule has 172 valence electrons. The summed E-state index contributed by atoms with van der Waals surface area (Å²) in [6, 6.07) is 11.4. The number of halogens is 1. The van der Waals surface area contributed by atoms with Crippen molar-refractivity contribution in [2.24, 2.45) is 0 Å². The smallest absolute Gasteiger partial charge is 0.257 e. The number of nitrogens with one attached hydrogen (secondary N) is 1. The summed E-state index contributed by atoms with van der Waals surface area (Å²) in [5, 5.41) is 2.95. The van der Waals surface area contributed by atoms with E-state index in [0.29, 0.717) is 31.7 Å². The molecule has 1 heterocycles. The molecular weight excluding hydrogens is 450 g/mol. The van der Waals surface area contributed by atoms with E-state index >= 15 is 0 Å². The van der Waals surface area contributed by atoms with Crippen LogP contribution >= 0.6 is 11.6 Å². The Kier molecular flexibility index (Phi) is 7.92. The number of carbonyl (C=O) groups is 2. The Morgan fingerprint density at radius 2 is 1.88 bits per heavy atom. The number of benzene rings is 2. The van der Waals surface area contributed by atoms with Crippen LogP contribution in [0.4, 0.5) is 5.69 Å². The van der Waals surface area contributed by atoms with Gasteiger partial charge in [0, 0.05) is 38.3 Å². The number of nitrogens with zero attached hydrogens (tertiary/aromatic N) is 2. The summed E-state index contributed by atoms with van der Waals surface area (Å²) in [6.07, 6.45) is 2.49. The monoisotopic (exact) mass is 477 g/mol. The maximum Gasteiger partial charge on any atom is 0.257 e. The molecule has 1 aliphatic heterocycles. The minimum Gasteiger partial charge on any atom is -0.338 e. The van der Waals surface area contributed by atoms with Crippen LogP contribution in [0.3, 0.4) is 0 Å². The molecule has 7 nitrogen and oxygen atoms in total. The summed E-state index contributed by atoms with van der Waals surface area (Å²) in [5.74, 6) is -0.360. The van der Waals surface area contributed by atoms with E-state index in [1.165, 1.54) is 22.5 Å². The molecule has 0 bridgehead atoms. The maximum atomic E-state index is 12.9. The van der Waals surface area contributed by atoms with Crippen molar-refractivity contribution in [3.63, 3.8) is 0 Å². The number of sulfonamides is 1. The first-order valence-electron chi connectivity index (χ1n) is 10.7. The lowest BCUT2D eigenvalue weighted by atomic mass is 10.1. The minimum atomic E-state index is -3.72. The van der Waals surface area contributed by atoms with Crippen LogP contribution in [0, 0.1) is 0 Å². The zero-order valence-electron chi connectivity index (χ0n) is 18.3. The van der Waals surface area contributed by atoms with Crippen molar-refractivity contribution in [3.8, 4) is 0 Å². The van der Waals surface area contributed by atoms with Crippen LogP contribution in [0.2, 0.25) is 5.02 Å². The molecule has 0 saturated carbocycles. The zero-order chi connectivity index (χ0) is 23.3. The lowest BCUT2D eigenvalue weighted by Gasteiger charge is -2.26. The number of amides is 2. The van der Waals surface area contributed by atoms with Gasteiger partial charge in [-0.05, 0) is 48.7 Å². The SMILES string of the molecule is CCN(CC)S(=O)(=O)c1ccc(Cl)c(C(=O)Nc2cccc(CN3CCCCC3=O)c2)c1. The van der Waals surface area contributed by atoms with Crippen LogP contribution in [0.5, 0.6) is 0 Å². The Bertz CT molecular complexity index is 1100. The second-order valence-corrected chi connectivity index (χ2v) is 10.0. The molecule has 0 radical (unpaired) electrons. The van der Waals surface area contributed by atoms with Crippen LogP contribution in [0.15, 0.2) is 47.4 Å². The van der Waals surface area contributed by atoms with Gasteiger partial charge in [0.1, 0.15) is 0 Å². The first-order chi connectivity index (χ1) is 15.3. The predicted octanol–water partition coefficient (Wildman–Crippen LogP) is 4.14. The Morgan fingerprint density at radius 3 is 2.56 bits per heavy atom. The van der Waals surface area contributed by atoms with Gasteiger partial charge in [0.15, 0.2) is 0 Å². The fourth-order valence-corrected chi connectivity index (χ4v) is 5.43. The van der Waals surface area contributed by atoms with Gasteiger partial charge >= 0.3 is 0 Å². The molecule has 0 unspecified atom stereocenters. The molecule has 0 aromatic heterocycles. The van der Waals surface area contributed by atoms with E-state index in [1.54, 1.807) is 19.9 Å². The number of hydrogen-bond donors (Lipinski definition) is 1. The molecule has 2 aromatic carbocycles. The van der Waals surface area contributed by atoms with Crippen LogP contribution in [0.1, 0.15) is 49.0 Å². The number of hydrogen-bond acceptors (Lipinski definition) is 4. The third-order valence-electron chi connectivity index (χ3n) is 5.51. The van der Waals surface area contributed by atoms with Crippen LogP contribution in [-0.2, 0) is 21.4 Å². The van der Waals surface area contributed by atoms with Crippen molar-refractivity contribution < 1.29 is 18.0 Å². The van der Waals surface area contributed by atoms with E-state index in [2.05, 4.69) is 5.32 Å². The van der Waals surface area contributed by atoms with Crippen LogP contribution < -0.4 is 5.32 Å². The van der Waals surface area contributed by atoms with Gasteiger partial charge in [-0.15, -0.1) is 0 Å². The van der Waals surface area contributed by atoms with Crippen LogP contribution in [0.25, 0.3) is 0 Å². The first kappa shape index (κ1) is 24.2. The van der Waals surface area contributed by atoms with E-state index < -0.39 is 15.9 Å². The van der Waals surface area contributed by atoms with E-state index in [9.17, 15) is 18.0 Å². The topological polar surface area (TPSA) is 86.8 Å². The summed E-state index contributed by atoms with van der Waals surface area (Å²) < 4.78 is 27.0. The Labute approximate surface area is 194 Å². The van der Waals surface area contributed by atoms with E-state index in [1.807, 2.05) is 23.1 Å². The lowest BCUT2D eigenvalue weighted by Crippen LogP contribution is -2.34. The minimum absolute atomic E-state index is 0.0214. The molecule has 0 atom stereocenters. The molecule has 1 N–H and O–H groups in total. The fourth-order valence-electron chi connectivity index (χ4n) is 3.75. The maximum absolute atomic E-state index is 12.9. The zero-order valence-corrected chi connectivity index (χ0v) is 19.9. The molecule has 9 heteroatoms. The number of anilines is 1. The van der Waals surface area contributed by atoms with Gasteiger partial charge in [-0.2, -0.15) is 4.31 Å². The molecule has 32 heavy (non-hydrogen) atoms. The van der Waals surface area contributed by atoms with Crippen molar-refractivity contribution >= 4 is 39.1 Å². The van der Waals surface area contributed by atoms with Gasteiger partial charge in [0.2, 0.25) is 15.9 Å². The molecular formula is C23H28ClN3O4S. The van der Waals surface area contributed by atoms with Gasteiger partial charge in [-0.1, -0.05) is 37.6 Å². The number of carbonyl (C=O) groups excluding carboxylic acids is 2.